The number of halogens is 1. The molecule has 4 nitrogen and oxygen atoms in total. The van der Waals surface area contributed by atoms with E-state index in [9.17, 15) is 10.2 Å². The van der Waals surface area contributed by atoms with Gasteiger partial charge < -0.3 is 10.2 Å². The van der Waals surface area contributed by atoms with E-state index in [2.05, 4.69) is 9.98 Å². The lowest BCUT2D eigenvalue weighted by Crippen LogP contribution is -1.81. The molecule has 0 atom stereocenters. The van der Waals surface area contributed by atoms with E-state index in [1.54, 1.807) is 18.3 Å². The van der Waals surface area contributed by atoms with Crippen molar-refractivity contribution in [3.8, 4) is 11.5 Å². The van der Waals surface area contributed by atoms with Crippen LogP contribution in [0.3, 0.4) is 0 Å². The average molecular weight is 319 g/mol. The number of phenolic OH excluding ortho intramolecular Hbond substituents is 2. The summed E-state index contributed by atoms with van der Waals surface area (Å²) in [4.78, 5) is 8.43. The maximum atomic E-state index is 10.2. The number of aromatic hydroxyl groups is 2. The molecule has 21 heavy (non-hydrogen) atoms. The van der Waals surface area contributed by atoms with Gasteiger partial charge in [-0.1, -0.05) is 23.7 Å². The third-order valence-corrected chi connectivity index (χ3v) is 4.14. The van der Waals surface area contributed by atoms with Crippen LogP contribution < -0.4 is 0 Å². The maximum absolute atomic E-state index is 10.2. The minimum atomic E-state index is -0.0366. The third-order valence-electron chi connectivity index (χ3n) is 2.91. The molecule has 0 bridgehead atoms. The zero-order valence-electron chi connectivity index (χ0n) is 11.0. The molecule has 6 heteroatoms. The van der Waals surface area contributed by atoms with Gasteiger partial charge in [0, 0.05) is 17.3 Å². The fourth-order valence-corrected chi connectivity index (χ4v) is 3.01. The summed E-state index contributed by atoms with van der Waals surface area (Å²) in [7, 11) is 0. The molecule has 0 saturated carbocycles. The Morgan fingerprint density at radius 3 is 2.86 bits per heavy atom. The van der Waals surface area contributed by atoms with Gasteiger partial charge in [0.15, 0.2) is 5.75 Å². The number of hydrogen-bond donors (Lipinski definition) is 2. The Kier molecular flexibility index (Phi) is 3.53. The van der Waals surface area contributed by atoms with E-state index in [1.165, 1.54) is 17.4 Å². The Hall–Kier alpha value is -2.11. The number of rotatable bonds is 2. The molecule has 0 amide bonds. The fourth-order valence-electron chi connectivity index (χ4n) is 1.98. The second-order valence-corrected chi connectivity index (χ2v) is 6.13. The Balaban J connectivity index is 2.06. The summed E-state index contributed by atoms with van der Waals surface area (Å²) in [6, 6.07) is 8.61. The molecule has 0 saturated heterocycles. The van der Waals surface area contributed by atoms with Gasteiger partial charge in [0.2, 0.25) is 0 Å². The summed E-state index contributed by atoms with van der Waals surface area (Å²) in [6.07, 6.45) is 1.57. The lowest BCUT2D eigenvalue weighted by atomic mass is 10.2. The van der Waals surface area contributed by atoms with E-state index in [1.807, 2.05) is 19.1 Å². The first kappa shape index (κ1) is 13.9. The average Bonchev–Trinajstić information content (AvgIpc) is 2.84. The van der Waals surface area contributed by atoms with Crippen LogP contribution in [0.5, 0.6) is 11.5 Å². The molecule has 0 fully saturated rings. The van der Waals surface area contributed by atoms with Crippen molar-refractivity contribution >= 4 is 45.1 Å². The quantitative estimate of drug-likeness (QED) is 0.543. The molecule has 2 aromatic carbocycles. The van der Waals surface area contributed by atoms with Crippen molar-refractivity contribution in [3.63, 3.8) is 0 Å². The van der Waals surface area contributed by atoms with Crippen LogP contribution in [-0.4, -0.2) is 21.4 Å². The molecule has 2 N–H and O–H groups in total. The minimum absolute atomic E-state index is 0.0366. The number of benzene rings is 2. The normalized spacial score (nSPS) is 11.5. The molecule has 0 radical (unpaired) electrons. The standard InChI is InChI=1S/C15H11ClN2O2S/c1-8-18-13-14(20)11(6-12(19)15(13)21-8)17-7-9-3-2-4-10(16)5-9/h2-7,19-20H,1H3. The Labute approximate surface area is 130 Å². The van der Waals surface area contributed by atoms with Crippen molar-refractivity contribution in [2.75, 3.05) is 0 Å². The van der Waals surface area contributed by atoms with Crippen molar-refractivity contribution in [1.82, 2.24) is 4.98 Å². The summed E-state index contributed by atoms with van der Waals surface area (Å²) < 4.78 is 0.562. The molecule has 0 spiro atoms. The van der Waals surface area contributed by atoms with Crippen molar-refractivity contribution in [2.24, 2.45) is 4.99 Å². The minimum Gasteiger partial charge on any atom is -0.506 e. The molecule has 3 rings (SSSR count). The molecule has 106 valence electrons. The van der Waals surface area contributed by atoms with Crippen LogP contribution in [0.25, 0.3) is 10.2 Å². The van der Waals surface area contributed by atoms with Crippen molar-refractivity contribution in [2.45, 2.75) is 6.92 Å². The van der Waals surface area contributed by atoms with Gasteiger partial charge in [0.1, 0.15) is 21.7 Å². The Morgan fingerprint density at radius 2 is 2.10 bits per heavy atom. The summed E-state index contributed by atoms with van der Waals surface area (Å²) >= 11 is 7.23. The molecule has 3 aromatic rings. The molecule has 0 aliphatic carbocycles. The third kappa shape index (κ3) is 2.70. The Morgan fingerprint density at radius 1 is 1.29 bits per heavy atom. The number of fused-ring (bicyclic) bond motifs is 1. The van der Waals surface area contributed by atoms with Gasteiger partial charge in [-0.3, -0.25) is 4.99 Å². The second-order valence-electron chi connectivity index (χ2n) is 4.49. The van der Waals surface area contributed by atoms with Gasteiger partial charge >= 0.3 is 0 Å². The van der Waals surface area contributed by atoms with E-state index in [4.69, 9.17) is 11.6 Å². The number of thiazole rings is 1. The molecule has 0 aliphatic heterocycles. The van der Waals surface area contributed by atoms with Crippen molar-refractivity contribution in [3.05, 3.63) is 45.9 Å². The largest absolute Gasteiger partial charge is 0.506 e. The summed E-state index contributed by atoms with van der Waals surface area (Å²) in [5.41, 5.74) is 1.44. The van der Waals surface area contributed by atoms with Gasteiger partial charge in [-0.2, -0.15) is 0 Å². The van der Waals surface area contributed by atoms with Crippen LogP contribution >= 0.6 is 22.9 Å². The molecule has 1 aromatic heterocycles. The van der Waals surface area contributed by atoms with Crippen LogP contribution in [0, 0.1) is 6.92 Å². The van der Waals surface area contributed by atoms with Gasteiger partial charge in [-0.05, 0) is 24.6 Å². The number of nitrogens with zero attached hydrogens (tertiary/aromatic N) is 2. The summed E-state index contributed by atoms with van der Waals surface area (Å²) in [5.74, 6) is 0.0251. The highest BCUT2D eigenvalue weighted by atomic mass is 35.5. The van der Waals surface area contributed by atoms with Crippen LogP contribution in [-0.2, 0) is 0 Å². The first-order valence-corrected chi connectivity index (χ1v) is 7.36. The fraction of sp³-hybridized carbons (Fsp3) is 0.0667. The van der Waals surface area contributed by atoms with Crippen molar-refractivity contribution < 1.29 is 10.2 Å². The van der Waals surface area contributed by atoms with Gasteiger partial charge in [0.05, 0.1) is 5.01 Å². The number of phenols is 2. The van der Waals surface area contributed by atoms with Gasteiger partial charge in [-0.25, -0.2) is 4.98 Å². The number of aliphatic imine (C=N–C) groups is 1. The van der Waals surface area contributed by atoms with Crippen LogP contribution in [0.4, 0.5) is 5.69 Å². The van der Waals surface area contributed by atoms with Crippen LogP contribution in [0.2, 0.25) is 5.02 Å². The monoisotopic (exact) mass is 318 g/mol. The maximum Gasteiger partial charge on any atom is 0.168 e. The predicted molar refractivity (Wildman–Crippen MR) is 86.4 cm³/mol. The molecule has 0 aliphatic rings. The lowest BCUT2D eigenvalue weighted by Gasteiger charge is -2.02. The first-order chi connectivity index (χ1) is 10.0. The summed E-state index contributed by atoms with van der Waals surface area (Å²) in [6.45, 7) is 1.82. The highest BCUT2D eigenvalue weighted by molar-refractivity contribution is 7.19. The SMILES string of the molecule is Cc1nc2c(O)c(N=Cc3cccc(Cl)c3)cc(O)c2s1. The highest BCUT2D eigenvalue weighted by Gasteiger charge is 2.14. The van der Waals surface area contributed by atoms with Gasteiger partial charge in [0.25, 0.3) is 0 Å². The molecule has 0 unspecified atom stereocenters. The first-order valence-electron chi connectivity index (χ1n) is 6.16. The van der Waals surface area contributed by atoms with E-state index < -0.39 is 0 Å². The van der Waals surface area contributed by atoms with E-state index >= 15 is 0 Å². The van der Waals surface area contributed by atoms with Crippen molar-refractivity contribution in [1.29, 1.82) is 0 Å². The Bertz CT molecular complexity index is 858. The topological polar surface area (TPSA) is 65.7 Å². The molecular weight excluding hydrogens is 308 g/mol. The summed E-state index contributed by atoms with van der Waals surface area (Å²) in [5, 5.41) is 21.6. The van der Waals surface area contributed by atoms with E-state index in [0.717, 1.165) is 10.6 Å². The number of aryl methyl sites for hydroxylation is 1. The zero-order chi connectivity index (χ0) is 15.0. The van der Waals surface area contributed by atoms with E-state index in [0.29, 0.717) is 15.2 Å². The highest BCUT2D eigenvalue weighted by Crippen LogP contribution is 2.42. The number of hydrogen-bond acceptors (Lipinski definition) is 5. The molecule has 1 heterocycles. The lowest BCUT2D eigenvalue weighted by molar-refractivity contribution is 0.471. The van der Waals surface area contributed by atoms with Gasteiger partial charge in [-0.15, -0.1) is 11.3 Å². The second kappa shape index (κ2) is 5.35. The smallest absolute Gasteiger partial charge is 0.168 e. The number of aromatic nitrogens is 1. The van der Waals surface area contributed by atoms with E-state index in [-0.39, 0.29) is 17.2 Å². The molecular formula is C15H11ClN2O2S. The zero-order valence-corrected chi connectivity index (χ0v) is 12.6. The van der Waals surface area contributed by atoms with Crippen LogP contribution in [0.15, 0.2) is 35.3 Å². The predicted octanol–water partition coefficient (Wildman–Crippen LogP) is 4.42. The van der Waals surface area contributed by atoms with Crippen LogP contribution in [0.1, 0.15) is 10.6 Å².